The van der Waals surface area contributed by atoms with E-state index in [1.54, 1.807) is 18.2 Å². The number of methoxy groups -OCH3 is 1. The van der Waals surface area contributed by atoms with E-state index in [0.717, 1.165) is 56.4 Å². The van der Waals surface area contributed by atoms with Crippen molar-refractivity contribution in [3.63, 3.8) is 0 Å². The van der Waals surface area contributed by atoms with Crippen molar-refractivity contribution in [2.45, 2.75) is 12.7 Å². The first-order chi connectivity index (χ1) is 15.7. The third-order valence-corrected chi connectivity index (χ3v) is 6.11. The average Bonchev–Trinajstić information content (AvgIpc) is 3.42. The van der Waals surface area contributed by atoms with Crippen molar-refractivity contribution in [2.24, 2.45) is 10.2 Å². The molecular weight excluding hydrogens is 412 g/mol. The fraction of sp³-hybridized carbons (Fsp3) is 0.524. The predicted octanol–water partition coefficient (Wildman–Crippen LogP) is 2.00. The van der Waals surface area contributed by atoms with Gasteiger partial charge < -0.3 is 19.7 Å². The topological polar surface area (TPSA) is 99.8 Å². The Hall–Kier alpha value is -3.18. The maximum Gasteiger partial charge on any atom is 0.365 e. The molecule has 3 aliphatic heterocycles. The number of carbonyl (C=O) groups excluding carboxylic acids is 1. The molecule has 4 heterocycles. The number of carbonyl (C=O) groups is 1. The summed E-state index contributed by atoms with van der Waals surface area (Å²) in [6.07, 6.45) is 1.45. The van der Waals surface area contributed by atoms with Crippen LogP contribution in [0.2, 0.25) is 0 Å². The summed E-state index contributed by atoms with van der Waals surface area (Å²) in [5.74, 6) is 1.80. The number of nitrogens with one attached hydrogen (secondary N) is 1. The average molecular weight is 441 g/mol. The minimum atomic E-state index is -0.340. The van der Waals surface area contributed by atoms with Gasteiger partial charge in [-0.1, -0.05) is 5.11 Å². The van der Waals surface area contributed by atoms with Crippen molar-refractivity contribution in [3.05, 3.63) is 36.0 Å². The number of benzene rings is 1. The summed E-state index contributed by atoms with van der Waals surface area (Å²) in [6.45, 7) is 7.24. The highest BCUT2D eigenvalue weighted by atomic mass is 16.5. The van der Waals surface area contributed by atoms with Crippen molar-refractivity contribution < 1.29 is 14.3 Å². The van der Waals surface area contributed by atoms with Gasteiger partial charge in [-0.3, -0.25) is 9.80 Å². The lowest BCUT2D eigenvalue weighted by molar-refractivity contribution is 0.146. The molecule has 0 spiro atoms. The molecule has 1 N–H and O–H groups in total. The highest BCUT2D eigenvalue weighted by Gasteiger charge is 2.37. The molecule has 2 aromatic rings. The molecule has 2 amide bonds. The number of hydrogen-bond donors (Lipinski definition) is 1. The second kappa shape index (κ2) is 9.13. The van der Waals surface area contributed by atoms with Crippen LogP contribution in [0.15, 0.2) is 40.7 Å². The Bertz CT molecular complexity index is 968. The van der Waals surface area contributed by atoms with Crippen LogP contribution in [0.4, 0.5) is 16.3 Å². The molecule has 0 radical (unpaired) electrons. The standard InChI is InChI=1S/C21H28N8O3/c1-31-12-13-32-17-4-2-16(3-5-17)27-9-6-26(7-10-27)8-11-29-19-18(14-23-29)20-24-25-21(30)28(20)15-22-19/h2-5,14,20,22H,6-13,15H2,1H3. The zero-order valence-electron chi connectivity index (χ0n) is 18.2. The Morgan fingerprint density at radius 3 is 2.69 bits per heavy atom. The predicted molar refractivity (Wildman–Crippen MR) is 118 cm³/mol. The second-order valence-corrected chi connectivity index (χ2v) is 8.01. The lowest BCUT2D eigenvalue weighted by Gasteiger charge is -2.36. The quantitative estimate of drug-likeness (QED) is 0.627. The van der Waals surface area contributed by atoms with Gasteiger partial charge in [0.15, 0.2) is 6.17 Å². The van der Waals surface area contributed by atoms with Gasteiger partial charge in [0.1, 0.15) is 18.2 Å². The van der Waals surface area contributed by atoms with E-state index in [1.165, 1.54) is 5.69 Å². The van der Waals surface area contributed by atoms with Gasteiger partial charge in [-0.2, -0.15) is 10.2 Å². The summed E-state index contributed by atoms with van der Waals surface area (Å²) < 4.78 is 12.6. The first kappa shape index (κ1) is 20.7. The molecule has 1 saturated heterocycles. The van der Waals surface area contributed by atoms with Crippen LogP contribution in [0.3, 0.4) is 0 Å². The van der Waals surface area contributed by atoms with E-state index in [1.807, 2.05) is 16.8 Å². The Labute approximate surface area is 186 Å². The summed E-state index contributed by atoms with van der Waals surface area (Å²) in [7, 11) is 1.67. The molecule has 5 rings (SSSR count). The van der Waals surface area contributed by atoms with Crippen LogP contribution in [-0.4, -0.2) is 85.3 Å². The number of anilines is 2. The molecule has 11 nitrogen and oxygen atoms in total. The zero-order chi connectivity index (χ0) is 21.9. The largest absolute Gasteiger partial charge is 0.491 e. The molecular formula is C21H28N8O3. The number of nitrogens with zero attached hydrogens (tertiary/aromatic N) is 7. The van der Waals surface area contributed by atoms with Gasteiger partial charge in [-0.15, -0.1) is 0 Å². The summed E-state index contributed by atoms with van der Waals surface area (Å²) in [4.78, 5) is 18.2. The maximum absolute atomic E-state index is 11.7. The smallest absolute Gasteiger partial charge is 0.365 e. The molecule has 1 aromatic carbocycles. The summed E-state index contributed by atoms with van der Waals surface area (Å²) >= 11 is 0. The lowest BCUT2D eigenvalue weighted by Crippen LogP contribution is -2.47. The molecule has 11 heteroatoms. The number of amides is 2. The molecule has 1 unspecified atom stereocenters. The number of piperazine rings is 1. The molecule has 1 fully saturated rings. The van der Waals surface area contributed by atoms with Crippen molar-refractivity contribution in [1.29, 1.82) is 0 Å². The van der Waals surface area contributed by atoms with Gasteiger partial charge >= 0.3 is 6.03 Å². The molecule has 0 saturated carbocycles. The van der Waals surface area contributed by atoms with Gasteiger partial charge in [0, 0.05) is 45.5 Å². The van der Waals surface area contributed by atoms with Crippen molar-refractivity contribution >= 4 is 17.5 Å². The number of ether oxygens (including phenoxy) is 2. The molecule has 1 aromatic heterocycles. The Morgan fingerprint density at radius 2 is 1.91 bits per heavy atom. The number of azo groups is 1. The number of urea groups is 1. The Kier molecular flexibility index (Phi) is 5.91. The van der Waals surface area contributed by atoms with Gasteiger partial charge in [0.2, 0.25) is 0 Å². The summed E-state index contributed by atoms with van der Waals surface area (Å²) in [5.41, 5.74) is 2.13. The minimum Gasteiger partial charge on any atom is -0.491 e. The van der Waals surface area contributed by atoms with E-state index in [0.29, 0.717) is 19.9 Å². The van der Waals surface area contributed by atoms with Gasteiger partial charge in [-0.05, 0) is 24.3 Å². The SMILES string of the molecule is COCCOc1ccc(N2CCN(CCn3ncc4c3NCN3C(=O)N=NC43)CC2)cc1. The Balaban J connectivity index is 1.11. The Morgan fingerprint density at radius 1 is 1.09 bits per heavy atom. The highest BCUT2D eigenvalue weighted by molar-refractivity contribution is 5.78. The summed E-state index contributed by atoms with van der Waals surface area (Å²) in [6, 6.07) is 7.97. The van der Waals surface area contributed by atoms with E-state index >= 15 is 0 Å². The van der Waals surface area contributed by atoms with Gasteiger partial charge in [0.05, 0.1) is 31.6 Å². The van der Waals surface area contributed by atoms with E-state index in [2.05, 4.69) is 42.6 Å². The first-order valence-electron chi connectivity index (χ1n) is 10.9. The number of rotatable bonds is 8. The monoisotopic (exact) mass is 440 g/mol. The van der Waals surface area contributed by atoms with Crippen LogP contribution in [-0.2, 0) is 11.3 Å². The maximum atomic E-state index is 11.7. The lowest BCUT2D eigenvalue weighted by atomic mass is 10.2. The third-order valence-electron chi connectivity index (χ3n) is 6.11. The van der Waals surface area contributed by atoms with Gasteiger partial charge in [-0.25, -0.2) is 9.48 Å². The van der Waals surface area contributed by atoms with Crippen LogP contribution in [0.5, 0.6) is 5.75 Å². The van der Waals surface area contributed by atoms with Crippen LogP contribution in [0, 0.1) is 0 Å². The minimum absolute atomic E-state index is 0.299. The highest BCUT2D eigenvalue weighted by Crippen LogP contribution is 2.36. The number of fused-ring (bicyclic) bond motifs is 3. The number of aromatic nitrogens is 2. The van der Waals surface area contributed by atoms with Crippen molar-refractivity contribution in [3.8, 4) is 5.75 Å². The fourth-order valence-corrected chi connectivity index (χ4v) is 4.29. The normalized spacial score (nSPS) is 20.3. The van der Waals surface area contributed by atoms with Crippen molar-refractivity contribution in [1.82, 2.24) is 19.6 Å². The van der Waals surface area contributed by atoms with E-state index < -0.39 is 0 Å². The molecule has 1 atom stereocenters. The van der Waals surface area contributed by atoms with E-state index in [9.17, 15) is 4.79 Å². The molecule has 170 valence electrons. The molecule has 3 aliphatic rings. The second-order valence-electron chi connectivity index (χ2n) is 8.01. The molecule has 0 bridgehead atoms. The van der Waals surface area contributed by atoms with Crippen LogP contribution < -0.4 is 15.0 Å². The molecule has 32 heavy (non-hydrogen) atoms. The third kappa shape index (κ3) is 4.13. The van der Waals surface area contributed by atoms with Crippen molar-refractivity contribution in [2.75, 3.05) is 69.9 Å². The zero-order valence-corrected chi connectivity index (χ0v) is 18.2. The summed E-state index contributed by atoms with van der Waals surface area (Å²) in [5, 5.41) is 15.6. The van der Waals surface area contributed by atoms with E-state index in [-0.39, 0.29) is 12.2 Å². The van der Waals surface area contributed by atoms with Crippen LogP contribution in [0.25, 0.3) is 0 Å². The fourth-order valence-electron chi connectivity index (χ4n) is 4.29. The van der Waals surface area contributed by atoms with Crippen LogP contribution >= 0.6 is 0 Å². The number of hydrogen-bond acceptors (Lipinski definition) is 8. The first-order valence-corrected chi connectivity index (χ1v) is 10.9. The van der Waals surface area contributed by atoms with Gasteiger partial charge in [0.25, 0.3) is 0 Å². The van der Waals surface area contributed by atoms with E-state index in [4.69, 9.17) is 9.47 Å². The molecule has 0 aliphatic carbocycles. The van der Waals surface area contributed by atoms with Crippen LogP contribution in [0.1, 0.15) is 11.7 Å².